The smallest absolute Gasteiger partial charge is 0.263 e. The average Bonchev–Trinajstić information content (AvgIpc) is 3.09. The number of hydrogen-bond donors (Lipinski definition) is 1. The largest absolute Gasteiger partial charge is 0.384 e. The predicted molar refractivity (Wildman–Crippen MR) is 79.8 cm³/mol. The number of rotatable bonds is 1. The highest BCUT2D eigenvalue weighted by molar-refractivity contribution is 7.14. The lowest BCUT2D eigenvalue weighted by Gasteiger charge is -2.15. The number of amides is 1. The van der Waals surface area contributed by atoms with Crippen molar-refractivity contribution >= 4 is 17.2 Å². The Kier molecular flexibility index (Phi) is 3.82. The van der Waals surface area contributed by atoms with Gasteiger partial charge in [0.15, 0.2) is 0 Å². The molecule has 3 rings (SSSR count). The fourth-order valence-corrected chi connectivity index (χ4v) is 4.40. The van der Waals surface area contributed by atoms with E-state index in [-0.39, 0.29) is 12.5 Å². The fourth-order valence-electron chi connectivity index (χ4n) is 3.39. The van der Waals surface area contributed by atoms with E-state index in [0.717, 1.165) is 40.2 Å². The number of aryl methyl sites for hydroxylation is 1. The molecule has 0 bridgehead atoms. The second kappa shape index (κ2) is 5.59. The first kappa shape index (κ1) is 13.7. The minimum absolute atomic E-state index is 0.143. The van der Waals surface area contributed by atoms with Crippen molar-refractivity contribution < 1.29 is 9.90 Å². The first-order chi connectivity index (χ1) is 9.69. The molecule has 2 aliphatic rings. The van der Waals surface area contributed by atoms with Gasteiger partial charge in [0.2, 0.25) is 0 Å². The third-order valence-electron chi connectivity index (χ3n) is 4.42. The van der Waals surface area contributed by atoms with Gasteiger partial charge in [-0.15, -0.1) is 11.3 Å². The van der Waals surface area contributed by atoms with E-state index >= 15 is 0 Å². The summed E-state index contributed by atoms with van der Waals surface area (Å²) in [5, 5.41) is 8.75. The van der Waals surface area contributed by atoms with Gasteiger partial charge in [0, 0.05) is 13.1 Å². The summed E-state index contributed by atoms with van der Waals surface area (Å²) in [5.41, 5.74) is 1.03. The van der Waals surface area contributed by atoms with Crippen LogP contribution >= 0.6 is 11.3 Å². The normalized spacial score (nSPS) is 24.4. The highest BCUT2D eigenvalue weighted by Crippen LogP contribution is 2.38. The van der Waals surface area contributed by atoms with Crippen molar-refractivity contribution in [3.05, 3.63) is 21.4 Å². The molecule has 4 heteroatoms. The second-order valence-electron chi connectivity index (χ2n) is 5.74. The lowest BCUT2D eigenvalue weighted by atomic mass is 10.0. The molecule has 0 aromatic carbocycles. The molecule has 1 saturated carbocycles. The van der Waals surface area contributed by atoms with Crippen molar-refractivity contribution in [2.24, 2.45) is 11.8 Å². The Bertz CT molecular complexity index is 569. The van der Waals surface area contributed by atoms with Gasteiger partial charge in [0.1, 0.15) is 6.61 Å². The van der Waals surface area contributed by atoms with E-state index in [1.165, 1.54) is 30.6 Å². The molecule has 3 nitrogen and oxygen atoms in total. The highest BCUT2D eigenvalue weighted by atomic mass is 32.1. The summed E-state index contributed by atoms with van der Waals surface area (Å²) in [6.07, 6.45) is 3.90. The Morgan fingerprint density at radius 2 is 2.15 bits per heavy atom. The molecule has 1 N–H and O–H groups in total. The van der Waals surface area contributed by atoms with Gasteiger partial charge >= 0.3 is 0 Å². The SMILES string of the molecule is Cc1cc(C(=O)N2CC3CCCC3C2)sc1C#CCO. The Hall–Kier alpha value is -1.31. The monoisotopic (exact) mass is 289 g/mol. The number of aliphatic hydroxyl groups is 1. The number of hydrogen-bond acceptors (Lipinski definition) is 3. The van der Waals surface area contributed by atoms with Crippen molar-refractivity contribution in [2.45, 2.75) is 26.2 Å². The van der Waals surface area contributed by atoms with Crippen molar-refractivity contribution in [1.29, 1.82) is 0 Å². The van der Waals surface area contributed by atoms with Gasteiger partial charge < -0.3 is 10.0 Å². The molecule has 2 heterocycles. The number of carbonyl (C=O) groups is 1. The molecule has 1 aromatic heterocycles. The van der Waals surface area contributed by atoms with E-state index in [4.69, 9.17) is 5.11 Å². The predicted octanol–water partition coefficient (Wildman–Crippen LogP) is 2.27. The molecular weight excluding hydrogens is 270 g/mol. The summed E-state index contributed by atoms with van der Waals surface area (Å²) in [6.45, 7) is 3.68. The molecule has 1 aliphatic carbocycles. The van der Waals surface area contributed by atoms with Gasteiger partial charge in [-0.3, -0.25) is 4.79 Å². The highest BCUT2D eigenvalue weighted by Gasteiger charge is 2.38. The average molecular weight is 289 g/mol. The molecule has 1 aromatic rings. The quantitative estimate of drug-likeness (QED) is 0.806. The minimum atomic E-state index is -0.143. The standard InChI is InChI=1S/C16H19NO2S/c1-11-8-15(20-14(11)6-3-7-18)16(19)17-9-12-4-2-5-13(12)10-17/h8,12-13,18H,2,4-5,7,9-10H2,1H3. The first-order valence-corrected chi connectivity index (χ1v) is 8.00. The van der Waals surface area contributed by atoms with Gasteiger partial charge in [-0.05, 0) is 43.2 Å². The molecule has 0 spiro atoms. The molecule has 1 aliphatic heterocycles. The molecule has 2 atom stereocenters. The second-order valence-corrected chi connectivity index (χ2v) is 6.80. The molecule has 2 fully saturated rings. The van der Waals surface area contributed by atoms with Crippen LogP contribution in [0.25, 0.3) is 0 Å². The fraction of sp³-hybridized carbons (Fsp3) is 0.562. The van der Waals surface area contributed by atoms with Crippen LogP contribution in [0, 0.1) is 30.6 Å². The van der Waals surface area contributed by atoms with Crippen LogP contribution in [0.3, 0.4) is 0 Å². The van der Waals surface area contributed by atoms with Crippen LogP contribution in [0.15, 0.2) is 6.07 Å². The number of aliphatic hydroxyl groups excluding tert-OH is 1. The number of nitrogens with zero attached hydrogens (tertiary/aromatic N) is 1. The molecule has 106 valence electrons. The third-order valence-corrected chi connectivity index (χ3v) is 5.56. The minimum Gasteiger partial charge on any atom is -0.384 e. The van der Waals surface area contributed by atoms with E-state index in [0.29, 0.717) is 0 Å². The van der Waals surface area contributed by atoms with E-state index in [9.17, 15) is 4.79 Å². The molecule has 0 radical (unpaired) electrons. The number of likely N-dealkylation sites (tertiary alicyclic amines) is 1. The Morgan fingerprint density at radius 3 is 2.80 bits per heavy atom. The van der Waals surface area contributed by atoms with E-state index < -0.39 is 0 Å². The zero-order valence-corrected chi connectivity index (χ0v) is 12.5. The maximum Gasteiger partial charge on any atom is 0.263 e. The van der Waals surface area contributed by atoms with Crippen LogP contribution in [0.2, 0.25) is 0 Å². The van der Waals surface area contributed by atoms with E-state index in [2.05, 4.69) is 11.8 Å². The van der Waals surface area contributed by atoms with E-state index in [1.54, 1.807) is 0 Å². The molecule has 1 amide bonds. The molecular formula is C16H19NO2S. The molecule has 1 saturated heterocycles. The summed E-state index contributed by atoms with van der Waals surface area (Å²) >= 11 is 1.45. The summed E-state index contributed by atoms with van der Waals surface area (Å²) in [5.74, 6) is 7.18. The van der Waals surface area contributed by atoms with E-state index in [1.807, 2.05) is 17.9 Å². The topological polar surface area (TPSA) is 40.5 Å². The van der Waals surface area contributed by atoms with Crippen molar-refractivity contribution in [3.63, 3.8) is 0 Å². The van der Waals surface area contributed by atoms with Crippen LogP contribution in [0.4, 0.5) is 0 Å². The van der Waals surface area contributed by atoms with Crippen LogP contribution in [0.5, 0.6) is 0 Å². The number of thiophene rings is 1. The Morgan fingerprint density at radius 1 is 1.45 bits per heavy atom. The summed E-state index contributed by atoms with van der Waals surface area (Å²) < 4.78 is 0. The van der Waals surface area contributed by atoms with Crippen LogP contribution < -0.4 is 0 Å². The maximum absolute atomic E-state index is 12.6. The van der Waals surface area contributed by atoms with Gasteiger partial charge in [-0.1, -0.05) is 18.3 Å². The maximum atomic E-state index is 12.6. The van der Waals surface area contributed by atoms with Crippen molar-refractivity contribution in [1.82, 2.24) is 4.90 Å². The van der Waals surface area contributed by atoms with Crippen LogP contribution in [0.1, 0.15) is 39.4 Å². The van der Waals surface area contributed by atoms with Gasteiger partial charge in [0.05, 0.1) is 9.75 Å². The van der Waals surface area contributed by atoms with Crippen LogP contribution in [-0.2, 0) is 0 Å². The summed E-state index contributed by atoms with van der Waals surface area (Å²) in [7, 11) is 0. The molecule has 20 heavy (non-hydrogen) atoms. The summed E-state index contributed by atoms with van der Waals surface area (Å²) in [4.78, 5) is 16.2. The Labute approximate surface area is 123 Å². The number of carbonyl (C=O) groups excluding carboxylic acids is 1. The number of fused-ring (bicyclic) bond motifs is 1. The van der Waals surface area contributed by atoms with Gasteiger partial charge in [-0.25, -0.2) is 0 Å². The third kappa shape index (κ3) is 2.48. The van der Waals surface area contributed by atoms with Crippen LogP contribution in [-0.4, -0.2) is 35.6 Å². The Balaban J connectivity index is 1.74. The zero-order chi connectivity index (χ0) is 14.1. The lowest BCUT2D eigenvalue weighted by Crippen LogP contribution is -2.28. The van der Waals surface area contributed by atoms with Gasteiger partial charge in [0.25, 0.3) is 5.91 Å². The van der Waals surface area contributed by atoms with Gasteiger partial charge in [-0.2, -0.15) is 0 Å². The summed E-state index contributed by atoms with van der Waals surface area (Å²) in [6, 6.07) is 1.93. The lowest BCUT2D eigenvalue weighted by molar-refractivity contribution is 0.0785. The molecule has 2 unspecified atom stereocenters. The first-order valence-electron chi connectivity index (χ1n) is 7.18. The van der Waals surface area contributed by atoms with Crippen molar-refractivity contribution in [3.8, 4) is 11.8 Å². The van der Waals surface area contributed by atoms with Crippen molar-refractivity contribution in [2.75, 3.05) is 19.7 Å². The zero-order valence-electron chi connectivity index (χ0n) is 11.7.